The van der Waals surface area contributed by atoms with Crippen molar-refractivity contribution in [2.75, 3.05) is 18.5 Å². The van der Waals surface area contributed by atoms with Crippen molar-refractivity contribution in [2.45, 2.75) is 30.6 Å². The Hall–Kier alpha value is -2.84. The third kappa shape index (κ3) is 5.26. The average Bonchev–Trinajstić information content (AvgIpc) is 3.01. The lowest BCUT2D eigenvalue weighted by atomic mass is 10.1. The van der Waals surface area contributed by atoms with Crippen LogP contribution in [0.3, 0.4) is 0 Å². The second-order valence-corrected chi connectivity index (χ2v) is 9.48. The Bertz CT molecular complexity index is 1160. The topological polar surface area (TPSA) is 96.9 Å². The maximum atomic E-state index is 12.6. The summed E-state index contributed by atoms with van der Waals surface area (Å²) in [7, 11) is -3.72. The standard InChI is InChI=1S/C22H22ClN3O4S/c23-17-5-10-20-15(13-17)12-16(14-30-20)22(27)25-18-6-8-19(9-7-18)31(28,29)26-21-4-2-1-3-11-24-21/h5-10,12-13H,1-4,11,14H2,(H,24,26)(H,25,27). The third-order valence-electron chi connectivity index (χ3n) is 5.03. The van der Waals surface area contributed by atoms with Crippen LogP contribution in [0, 0.1) is 0 Å². The lowest BCUT2D eigenvalue weighted by Crippen LogP contribution is -2.30. The number of rotatable bonds is 4. The smallest absolute Gasteiger partial charge is 0.262 e. The summed E-state index contributed by atoms with van der Waals surface area (Å²) in [5, 5.41) is 3.32. The Labute approximate surface area is 186 Å². The number of benzene rings is 2. The average molecular weight is 460 g/mol. The van der Waals surface area contributed by atoms with Gasteiger partial charge in [0.2, 0.25) is 0 Å². The van der Waals surface area contributed by atoms with Crippen LogP contribution in [0.4, 0.5) is 5.69 Å². The summed E-state index contributed by atoms with van der Waals surface area (Å²) in [5.41, 5.74) is 1.66. The summed E-state index contributed by atoms with van der Waals surface area (Å²) in [6.45, 7) is 0.776. The first-order chi connectivity index (χ1) is 14.9. The van der Waals surface area contributed by atoms with E-state index in [2.05, 4.69) is 15.0 Å². The second kappa shape index (κ2) is 9.11. The van der Waals surface area contributed by atoms with E-state index in [1.807, 2.05) is 0 Å². The molecule has 0 aromatic heterocycles. The molecule has 4 rings (SSSR count). The minimum Gasteiger partial charge on any atom is -0.488 e. The number of aliphatic imine (C=N–C) groups is 1. The van der Waals surface area contributed by atoms with E-state index in [4.69, 9.17) is 16.3 Å². The third-order valence-corrected chi connectivity index (χ3v) is 6.66. The highest BCUT2D eigenvalue weighted by atomic mass is 35.5. The molecule has 0 spiro atoms. The number of sulfonamides is 1. The number of amidine groups is 1. The highest BCUT2D eigenvalue weighted by Crippen LogP contribution is 2.29. The molecule has 0 radical (unpaired) electrons. The molecular weight excluding hydrogens is 438 g/mol. The van der Waals surface area contributed by atoms with Crippen LogP contribution in [0.2, 0.25) is 5.02 Å². The van der Waals surface area contributed by atoms with E-state index in [-0.39, 0.29) is 17.4 Å². The number of carbonyl (C=O) groups excluding carboxylic acids is 1. The van der Waals surface area contributed by atoms with Crippen LogP contribution in [0.25, 0.3) is 6.08 Å². The Morgan fingerprint density at radius 3 is 2.68 bits per heavy atom. The fraction of sp³-hybridized carbons (Fsp3) is 0.273. The molecule has 9 heteroatoms. The van der Waals surface area contributed by atoms with E-state index >= 15 is 0 Å². The normalized spacial score (nSPS) is 16.2. The summed E-state index contributed by atoms with van der Waals surface area (Å²) in [6.07, 6.45) is 5.29. The van der Waals surface area contributed by atoms with Crippen molar-refractivity contribution in [1.82, 2.24) is 4.72 Å². The first-order valence-corrected chi connectivity index (χ1v) is 11.9. The fourth-order valence-corrected chi connectivity index (χ4v) is 4.65. The van der Waals surface area contributed by atoms with Gasteiger partial charge in [0.25, 0.3) is 15.9 Å². The number of ether oxygens (including phenoxy) is 1. The molecule has 0 unspecified atom stereocenters. The van der Waals surface area contributed by atoms with Gasteiger partial charge in [0.05, 0.1) is 10.5 Å². The SMILES string of the molecule is O=C(Nc1ccc(S(=O)(=O)NC2=NCCCCC2)cc1)C1=Cc2cc(Cl)ccc2OC1. The van der Waals surface area contributed by atoms with Gasteiger partial charge in [0.15, 0.2) is 0 Å². The predicted octanol–water partition coefficient (Wildman–Crippen LogP) is 4.01. The predicted molar refractivity (Wildman–Crippen MR) is 121 cm³/mol. The molecule has 31 heavy (non-hydrogen) atoms. The summed E-state index contributed by atoms with van der Waals surface area (Å²) >= 11 is 6.01. The Kier molecular flexibility index (Phi) is 6.29. The number of hydrogen-bond donors (Lipinski definition) is 2. The highest BCUT2D eigenvalue weighted by molar-refractivity contribution is 7.90. The van der Waals surface area contributed by atoms with Crippen LogP contribution >= 0.6 is 11.6 Å². The lowest BCUT2D eigenvalue weighted by Gasteiger charge is -2.18. The van der Waals surface area contributed by atoms with Crippen molar-refractivity contribution in [3.05, 3.63) is 58.6 Å². The van der Waals surface area contributed by atoms with Crippen molar-refractivity contribution in [1.29, 1.82) is 0 Å². The van der Waals surface area contributed by atoms with Crippen LogP contribution in [0.15, 0.2) is 57.9 Å². The largest absolute Gasteiger partial charge is 0.488 e. The van der Waals surface area contributed by atoms with Gasteiger partial charge in [-0.25, -0.2) is 8.42 Å². The van der Waals surface area contributed by atoms with Crippen molar-refractivity contribution in [3.63, 3.8) is 0 Å². The molecule has 2 N–H and O–H groups in total. The summed E-state index contributed by atoms with van der Waals surface area (Å²) in [4.78, 5) is 17.0. The Balaban J connectivity index is 1.43. The molecule has 0 fully saturated rings. The van der Waals surface area contributed by atoms with E-state index in [9.17, 15) is 13.2 Å². The van der Waals surface area contributed by atoms with E-state index in [1.165, 1.54) is 12.1 Å². The quantitative estimate of drug-likeness (QED) is 0.722. The molecule has 7 nitrogen and oxygen atoms in total. The second-order valence-electron chi connectivity index (χ2n) is 7.36. The maximum absolute atomic E-state index is 12.6. The lowest BCUT2D eigenvalue weighted by molar-refractivity contribution is -0.113. The number of fused-ring (bicyclic) bond motifs is 1. The van der Waals surface area contributed by atoms with Gasteiger partial charge in [-0.05, 0) is 61.4 Å². The van der Waals surface area contributed by atoms with Crippen molar-refractivity contribution >= 4 is 45.1 Å². The Morgan fingerprint density at radius 2 is 1.87 bits per heavy atom. The van der Waals surface area contributed by atoms with Crippen LogP contribution in [0.1, 0.15) is 31.2 Å². The number of nitrogens with zero attached hydrogens (tertiary/aromatic N) is 1. The van der Waals surface area contributed by atoms with Crippen molar-refractivity contribution in [2.24, 2.45) is 4.99 Å². The Morgan fingerprint density at radius 1 is 1.06 bits per heavy atom. The van der Waals surface area contributed by atoms with Gasteiger partial charge in [-0.1, -0.05) is 18.0 Å². The van der Waals surface area contributed by atoms with Crippen molar-refractivity contribution < 1.29 is 17.9 Å². The number of nitrogens with one attached hydrogen (secondary N) is 2. The van der Waals surface area contributed by atoms with Crippen LogP contribution < -0.4 is 14.8 Å². The van der Waals surface area contributed by atoms with Crippen LogP contribution in [-0.2, 0) is 14.8 Å². The molecule has 0 atom stereocenters. The van der Waals surface area contributed by atoms with Gasteiger partial charge in [0.1, 0.15) is 18.2 Å². The fourth-order valence-electron chi connectivity index (χ4n) is 3.38. The van der Waals surface area contributed by atoms with Crippen LogP contribution in [-0.4, -0.2) is 33.3 Å². The summed E-state index contributed by atoms with van der Waals surface area (Å²) < 4.78 is 33.4. The summed E-state index contributed by atoms with van der Waals surface area (Å²) in [5.74, 6) is 0.841. The monoisotopic (exact) mass is 459 g/mol. The number of carbonyl (C=O) groups is 1. The maximum Gasteiger partial charge on any atom is 0.262 e. The van der Waals surface area contributed by atoms with E-state index in [0.29, 0.717) is 40.8 Å². The van der Waals surface area contributed by atoms with E-state index in [0.717, 1.165) is 24.8 Å². The molecule has 2 aliphatic heterocycles. The molecule has 1 amide bonds. The zero-order valence-corrected chi connectivity index (χ0v) is 18.3. The zero-order chi connectivity index (χ0) is 21.8. The van der Waals surface area contributed by atoms with Gasteiger partial charge in [-0.3, -0.25) is 14.5 Å². The molecule has 2 aromatic carbocycles. The van der Waals surface area contributed by atoms with E-state index < -0.39 is 10.0 Å². The molecule has 2 aliphatic rings. The first-order valence-electron chi connectivity index (χ1n) is 10.0. The minimum absolute atomic E-state index is 0.112. The van der Waals surface area contributed by atoms with E-state index in [1.54, 1.807) is 36.4 Å². The number of anilines is 1. The van der Waals surface area contributed by atoms with Crippen molar-refractivity contribution in [3.8, 4) is 5.75 Å². The number of amides is 1. The molecule has 0 bridgehead atoms. The molecule has 2 aromatic rings. The highest BCUT2D eigenvalue weighted by Gasteiger charge is 2.19. The molecule has 2 heterocycles. The van der Waals surface area contributed by atoms with Gasteiger partial charge >= 0.3 is 0 Å². The summed E-state index contributed by atoms with van der Waals surface area (Å²) in [6, 6.07) is 11.2. The molecule has 162 valence electrons. The van der Waals surface area contributed by atoms with Gasteiger partial charge in [-0.15, -0.1) is 0 Å². The van der Waals surface area contributed by atoms with Gasteiger partial charge < -0.3 is 10.1 Å². The van der Waals surface area contributed by atoms with Gasteiger partial charge in [-0.2, -0.15) is 0 Å². The van der Waals surface area contributed by atoms with Gasteiger partial charge in [0, 0.05) is 29.2 Å². The minimum atomic E-state index is -3.72. The molecule has 0 saturated heterocycles. The molecule has 0 saturated carbocycles. The molecular formula is C22H22ClN3O4S. The zero-order valence-electron chi connectivity index (χ0n) is 16.7. The number of hydrogen-bond acceptors (Lipinski definition) is 5. The molecule has 0 aliphatic carbocycles. The number of halogens is 1. The first kappa shape index (κ1) is 21.4. The van der Waals surface area contributed by atoms with Crippen LogP contribution in [0.5, 0.6) is 5.75 Å².